The number of anilines is 5. The van der Waals surface area contributed by atoms with Gasteiger partial charge in [-0.05, 0) is 19.8 Å². The van der Waals surface area contributed by atoms with Crippen molar-refractivity contribution in [3.63, 3.8) is 0 Å². The number of rotatable bonds is 10. The van der Waals surface area contributed by atoms with E-state index in [4.69, 9.17) is 19.7 Å². The maximum atomic E-state index is 13.5. The fourth-order valence-corrected chi connectivity index (χ4v) is 5.79. The summed E-state index contributed by atoms with van der Waals surface area (Å²) in [6.07, 6.45) is 3.48. The van der Waals surface area contributed by atoms with E-state index in [1.54, 1.807) is 30.5 Å². The van der Waals surface area contributed by atoms with E-state index in [0.29, 0.717) is 41.3 Å². The normalized spacial score (nSPS) is 23.5. The first kappa shape index (κ1) is 26.8. The lowest BCUT2D eigenvalue weighted by Gasteiger charge is -2.36. The van der Waals surface area contributed by atoms with E-state index in [9.17, 15) is 9.90 Å². The van der Waals surface area contributed by atoms with Crippen LogP contribution in [0.4, 0.5) is 28.8 Å². The number of piperazine rings is 1. The molecule has 4 N–H and O–H groups in total. The number of carbonyl (C=O) groups excluding carboxylic acids is 1. The monoisotopic (exact) mass is 569 g/mol. The van der Waals surface area contributed by atoms with Gasteiger partial charge in [0.25, 0.3) is 5.91 Å². The molecule has 0 aromatic carbocycles. The van der Waals surface area contributed by atoms with Crippen molar-refractivity contribution in [1.29, 1.82) is 0 Å². The summed E-state index contributed by atoms with van der Waals surface area (Å²) >= 11 is 1.34. The average molecular weight is 570 g/mol. The van der Waals surface area contributed by atoms with Crippen molar-refractivity contribution in [2.45, 2.75) is 43.7 Å². The molecule has 5 heterocycles. The van der Waals surface area contributed by atoms with Gasteiger partial charge in [-0.3, -0.25) is 20.1 Å². The number of aromatic nitrogens is 6. The number of nitrogens with zero attached hydrogens (tertiary/aromatic N) is 8. The summed E-state index contributed by atoms with van der Waals surface area (Å²) < 4.78 is 5.23. The molecule has 14 nitrogen and oxygen atoms in total. The van der Waals surface area contributed by atoms with Gasteiger partial charge in [0, 0.05) is 82.1 Å². The average Bonchev–Trinajstić information content (AvgIpc) is 3.31. The van der Waals surface area contributed by atoms with Gasteiger partial charge in [0.05, 0.1) is 12.7 Å². The summed E-state index contributed by atoms with van der Waals surface area (Å²) in [5, 5.41) is 26.6. The summed E-state index contributed by atoms with van der Waals surface area (Å²) in [4.78, 5) is 38.2. The highest BCUT2D eigenvalue weighted by Crippen LogP contribution is 2.40. The number of methoxy groups -OCH3 is 1. The van der Waals surface area contributed by atoms with Crippen LogP contribution in [0, 0.1) is 0 Å². The van der Waals surface area contributed by atoms with Gasteiger partial charge in [0.15, 0.2) is 10.9 Å². The molecule has 3 fully saturated rings. The Hall–Kier alpha value is -3.40. The third kappa shape index (κ3) is 5.73. The summed E-state index contributed by atoms with van der Waals surface area (Å²) in [6.45, 7) is 6.77. The van der Waals surface area contributed by atoms with Crippen LogP contribution in [0.25, 0.3) is 0 Å². The molecule has 6 rings (SSSR count). The van der Waals surface area contributed by atoms with Crippen molar-refractivity contribution in [3.05, 3.63) is 23.3 Å². The summed E-state index contributed by atoms with van der Waals surface area (Å²) in [5.41, 5.74) is 0.00367. The lowest BCUT2D eigenvalue weighted by atomic mass is 9.97. The van der Waals surface area contributed by atoms with Crippen LogP contribution < -0.4 is 20.4 Å². The molecule has 1 amide bonds. The lowest BCUT2D eigenvalue weighted by Crippen LogP contribution is -2.52. The smallest absolute Gasteiger partial charge is 0.251 e. The van der Waals surface area contributed by atoms with Gasteiger partial charge in [-0.2, -0.15) is 20.1 Å². The van der Waals surface area contributed by atoms with Crippen molar-refractivity contribution in [3.8, 4) is 0 Å². The minimum atomic E-state index is -1.09. The molecule has 3 aromatic rings. The quantitative estimate of drug-likeness (QED) is 0.278. The number of aliphatic hydroxyl groups is 1. The van der Waals surface area contributed by atoms with Gasteiger partial charge >= 0.3 is 0 Å². The number of β-amino-alcohol motifs (C(OH)–C–C–N with tert-alkyl or cyclic N) is 1. The zero-order chi connectivity index (χ0) is 27.7. The van der Waals surface area contributed by atoms with Crippen LogP contribution in [-0.2, 0) is 9.53 Å². The number of nitrogens with one attached hydrogen (secondary N) is 3. The predicted molar refractivity (Wildman–Crippen MR) is 151 cm³/mol. The van der Waals surface area contributed by atoms with E-state index in [1.807, 2.05) is 6.07 Å². The van der Waals surface area contributed by atoms with Crippen molar-refractivity contribution in [2.24, 2.45) is 0 Å². The molecular formula is C25H35N11O3S. The highest BCUT2D eigenvalue weighted by molar-refractivity contribution is 7.13. The van der Waals surface area contributed by atoms with E-state index in [0.717, 1.165) is 51.3 Å². The molecule has 3 aromatic heterocycles. The van der Waals surface area contributed by atoms with Gasteiger partial charge in [-0.25, -0.2) is 4.98 Å². The molecule has 214 valence electrons. The molecule has 0 spiro atoms. The molecule has 0 bridgehead atoms. The summed E-state index contributed by atoms with van der Waals surface area (Å²) in [5.74, 6) is 2.05. The molecule has 2 saturated heterocycles. The highest BCUT2D eigenvalue weighted by atomic mass is 32.1. The molecular weight excluding hydrogens is 534 g/mol. The van der Waals surface area contributed by atoms with Crippen molar-refractivity contribution in [1.82, 2.24) is 35.0 Å². The number of hydrogen-bond donors (Lipinski definition) is 4. The molecule has 40 heavy (non-hydrogen) atoms. The minimum Gasteiger partial charge on any atom is -0.391 e. The van der Waals surface area contributed by atoms with Crippen molar-refractivity contribution >= 4 is 46.0 Å². The molecule has 0 unspecified atom stereocenters. The molecule has 1 saturated carbocycles. The van der Waals surface area contributed by atoms with Crippen LogP contribution in [0.1, 0.15) is 37.8 Å². The summed E-state index contributed by atoms with van der Waals surface area (Å²) in [6, 6.07) is 1.99. The third-order valence-electron chi connectivity index (χ3n) is 7.74. The second-order valence-corrected chi connectivity index (χ2v) is 11.6. The lowest BCUT2D eigenvalue weighted by molar-refractivity contribution is -0.120. The number of amides is 1. The van der Waals surface area contributed by atoms with Crippen LogP contribution in [-0.4, -0.2) is 111 Å². The fourth-order valence-electron chi connectivity index (χ4n) is 5.26. The Labute approximate surface area is 236 Å². The van der Waals surface area contributed by atoms with Crippen molar-refractivity contribution in [2.75, 3.05) is 73.4 Å². The van der Waals surface area contributed by atoms with Crippen molar-refractivity contribution < 1.29 is 14.6 Å². The van der Waals surface area contributed by atoms with Crippen LogP contribution in [0.2, 0.25) is 0 Å². The number of thiazole rings is 1. The van der Waals surface area contributed by atoms with Crippen LogP contribution in [0.3, 0.4) is 0 Å². The van der Waals surface area contributed by atoms with E-state index >= 15 is 0 Å². The Morgan fingerprint density at radius 1 is 1.23 bits per heavy atom. The maximum absolute atomic E-state index is 13.5. The first-order chi connectivity index (χ1) is 19.4. The Morgan fingerprint density at radius 2 is 2.02 bits per heavy atom. The molecule has 15 heteroatoms. The SMILES string of the molecule is COCCN1CCN(c2nc(Nc3cc(C4CC4)[nH]n3)nc(N3C[C@@H](O)C[C@@]3(C)C(=O)Nc3nccs3)n2)CC1. The number of ether oxygens (including phenoxy) is 1. The van der Waals surface area contributed by atoms with E-state index in [-0.39, 0.29) is 18.9 Å². The van der Waals surface area contributed by atoms with Gasteiger partial charge in [-0.15, -0.1) is 11.3 Å². The van der Waals surface area contributed by atoms with Crippen LogP contribution >= 0.6 is 11.3 Å². The van der Waals surface area contributed by atoms with Gasteiger partial charge in [0.1, 0.15) is 5.54 Å². The Morgan fingerprint density at radius 3 is 2.75 bits per heavy atom. The summed E-state index contributed by atoms with van der Waals surface area (Å²) in [7, 11) is 1.71. The van der Waals surface area contributed by atoms with Gasteiger partial charge < -0.3 is 25.0 Å². The number of carbonyl (C=O) groups is 1. The standard InChI is InChI=1S/C25H35N11O3S/c1-25(20(38)28-24-26-5-12-40-24)14-17(37)15-36(25)23-30-21(27-19-13-18(32-33-19)16-3-4-16)29-22(31-23)35-8-6-34(7-9-35)10-11-39-2/h5,12-13,16-17,37H,3-4,6-11,14-15H2,1-2H3,(H,26,28,38)(H2,27,29,30,31,32,33)/t17-,25-/m0/s1. The first-order valence-corrected chi connectivity index (χ1v) is 14.5. The highest BCUT2D eigenvalue weighted by Gasteiger charge is 2.49. The number of aromatic amines is 1. The predicted octanol–water partition coefficient (Wildman–Crippen LogP) is 1.41. The molecule has 2 atom stereocenters. The largest absolute Gasteiger partial charge is 0.391 e. The maximum Gasteiger partial charge on any atom is 0.251 e. The molecule has 1 aliphatic carbocycles. The number of hydrogen-bond acceptors (Lipinski definition) is 13. The zero-order valence-corrected chi connectivity index (χ0v) is 23.5. The number of aliphatic hydroxyl groups excluding tert-OH is 1. The van der Waals surface area contributed by atoms with Crippen LogP contribution in [0.15, 0.2) is 17.6 Å². The molecule has 3 aliphatic rings. The molecule has 0 radical (unpaired) electrons. The minimum absolute atomic E-state index is 0.212. The first-order valence-electron chi connectivity index (χ1n) is 13.6. The van der Waals surface area contributed by atoms with Crippen LogP contribution in [0.5, 0.6) is 0 Å². The Kier molecular flexibility index (Phi) is 7.53. The van der Waals surface area contributed by atoms with E-state index in [2.05, 4.69) is 35.6 Å². The third-order valence-corrected chi connectivity index (χ3v) is 8.43. The van der Waals surface area contributed by atoms with Gasteiger partial charge in [-0.1, -0.05) is 0 Å². The fraction of sp³-hybridized carbons (Fsp3) is 0.600. The Bertz CT molecular complexity index is 1310. The second kappa shape index (κ2) is 11.2. The van der Waals surface area contributed by atoms with Gasteiger partial charge in [0.2, 0.25) is 17.8 Å². The Balaban J connectivity index is 1.29. The number of H-pyrrole nitrogens is 1. The zero-order valence-electron chi connectivity index (χ0n) is 22.7. The second-order valence-electron chi connectivity index (χ2n) is 10.7. The van der Waals surface area contributed by atoms with E-state index < -0.39 is 11.6 Å². The topological polar surface area (TPSA) is 161 Å². The van der Waals surface area contributed by atoms with E-state index in [1.165, 1.54) is 11.3 Å². The molecule has 2 aliphatic heterocycles.